The number of hydrogen-bond donors (Lipinski definition) is 1. The van der Waals surface area contributed by atoms with Crippen LogP contribution in [0.4, 0.5) is 0 Å². The van der Waals surface area contributed by atoms with Gasteiger partial charge in [0, 0.05) is 24.5 Å². The first-order valence-electron chi connectivity index (χ1n) is 7.33. The largest absolute Gasteiger partial charge is 0.350 e. The fourth-order valence-electron chi connectivity index (χ4n) is 2.48. The highest BCUT2D eigenvalue weighted by Crippen LogP contribution is 2.13. The molecular formula is C17H18N4O. The lowest BCUT2D eigenvalue weighted by atomic mass is 10.2. The van der Waals surface area contributed by atoms with Gasteiger partial charge >= 0.3 is 0 Å². The van der Waals surface area contributed by atoms with Crippen LogP contribution in [-0.4, -0.2) is 20.3 Å². The molecule has 0 fully saturated rings. The van der Waals surface area contributed by atoms with Gasteiger partial charge in [0.05, 0.1) is 17.9 Å². The molecule has 5 nitrogen and oxygen atoms in total. The highest BCUT2D eigenvalue weighted by Gasteiger charge is 2.10. The highest BCUT2D eigenvalue weighted by molar-refractivity contribution is 5.76. The fourth-order valence-corrected chi connectivity index (χ4v) is 2.48. The van der Waals surface area contributed by atoms with Crippen molar-refractivity contribution in [2.75, 3.05) is 0 Å². The third-order valence-corrected chi connectivity index (χ3v) is 3.61. The van der Waals surface area contributed by atoms with Gasteiger partial charge in [-0.15, -0.1) is 0 Å². The van der Waals surface area contributed by atoms with Gasteiger partial charge in [0.25, 0.3) is 0 Å². The van der Waals surface area contributed by atoms with E-state index >= 15 is 0 Å². The molecule has 0 saturated heterocycles. The second kappa shape index (κ2) is 6.39. The van der Waals surface area contributed by atoms with Crippen LogP contribution in [0.5, 0.6) is 0 Å². The van der Waals surface area contributed by atoms with Gasteiger partial charge in [0.2, 0.25) is 5.91 Å². The fraction of sp³-hybridized carbons (Fsp3) is 0.235. The zero-order valence-electron chi connectivity index (χ0n) is 12.5. The van der Waals surface area contributed by atoms with Crippen molar-refractivity contribution in [2.45, 2.75) is 26.3 Å². The van der Waals surface area contributed by atoms with Gasteiger partial charge in [-0.25, -0.2) is 4.98 Å². The summed E-state index contributed by atoms with van der Waals surface area (Å²) in [7, 11) is 0. The molecule has 3 aromatic rings. The van der Waals surface area contributed by atoms with E-state index in [4.69, 9.17) is 0 Å². The summed E-state index contributed by atoms with van der Waals surface area (Å²) < 4.78 is 2.04. The number of aromatic nitrogens is 3. The van der Waals surface area contributed by atoms with Crippen LogP contribution in [-0.2, 0) is 17.8 Å². The summed E-state index contributed by atoms with van der Waals surface area (Å²) >= 11 is 0. The van der Waals surface area contributed by atoms with E-state index in [-0.39, 0.29) is 5.91 Å². The summed E-state index contributed by atoms with van der Waals surface area (Å²) in [5, 5.41) is 2.90. The van der Waals surface area contributed by atoms with Crippen LogP contribution < -0.4 is 5.32 Å². The van der Waals surface area contributed by atoms with E-state index in [9.17, 15) is 4.79 Å². The summed E-state index contributed by atoms with van der Waals surface area (Å²) in [6.45, 7) is 2.44. The Morgan fingerprint density at radius 2 is 2.09 bits per heavy atom. The van der Waals surface area contributed by atoms with Gasteiger partial charge in [0.1, 0.15) is 5.65 Å². The number of rotatable bonds is 5. The SMILES string of the molecule is Cc1nc2ccccn2c1CCC(=O)NCc1ccccn1. The predicted molar refractivity (Wildman–Crippen MR) is 84.3 cm³/mol. The van der Waals surface area contributed by atoms with Gasteiger partial charge in [-0.3, -0.25) is 9.78 Å². The maximum Gasteiger partial charge on any atom is 0.220 e. The minimum Gasteiger partial charge on any atom is -0.350 e. The molecule has 0 radical (unpaired) electrons. The molecule has 0 bridgehead atoms. The Kier molecular flexibility index (Phi) is 4.14. The Balaban J connectivity index is 1.59. The summed E-state index contributed by atoms with van der Waals surface area (Å²) in [4.78, 5) is 20.7. The maximum atomic E-state index is 12.0. The van der Waals surface area contributed by atoms with Crippen LogP contribution in [0, 0.1) is 6.92 Å². The van der Waals surface area contributed by atoms with Crippen LogP contribution in [0.15, 0.2) is 48.8 Å². The Hall–Kier alpha value is -2.69. The molecule has 0 unspecified atom stereocenters. The summed E-state index contributed by atoms with van der Waals surface area (Å²) in [6, 6.07) is 11.6. The molecule has 1 N–H and O–H groups in total. The zero-order valence-corrected chi connectivity index (χ0v) is 12.5. The van der Waals surface area contributed by atoms with E-state index < -0.39 is 0 Å². The topological polar surface area (TPSA) is 59.3 Å². The van der Waals surface area contributed by atoms with E-state index in [1.807, 2.05) is 53.9 Å². The lowest BCUT2D eigenvalue weighted by Gasteiger charge is -2.05. The first-order chi connectivity index (χ1) is 10.7. The molecule has 0 spiro atoms. The molecule has 0 aliphatic carbocycles. The van der Waals surface area contributed by atoms with Gasteiger partial charge in [-0.1, -0.05) is 12.1 Å². The van der Waals surface area contributed by atoms with E-state index in [0.29, 0.717) is 19.4 Å². The maximum absolute atomic E-state index is 12.0. The summed E-state index contributed by atoms with van der Waals surface area (Å²) in [5.41, 5.74) is 3.85. The molecular weight excluding hydrogens is 276 g/mol. The lowest BCUT2D eigenvalue weighted by molar-refractivity contribution is -0.121. The van der Waals surface area contributed by atoms with Crippen LogP contribution in [0.3, 0.4) is 0 Å². The van der Waals surface area contributed by atoms with E-state index in [1.54, 1.807) is 6.20 Å². The van der Waals surface area contributed by atoms with Crippen molar-refractivity contribution in [3.8, 4) is 0 Å². The molecule has 0 aliphatic rings. The molecule has 3 heterocycles. The van der Waals surface area contributed by atoms with Gasteiger partial charge in [0.15, 0.2) is 0 Å². The molecule has 0 atom stereocenters. The number of amides is 1. The van der Waals surface area contributed by atoms with Crippen molar-refractivity contribution < 1.29 is 4.79 Å². The van der Waals surface area contributed by atoms with Crippen LogP contribution >= 0.6 is 0 Å². The monoisotopic (exact) mass is 294 g/mol. The number of pyridine rings is 2. The standard InChI is InChI=1S/C17H18N4O/c1-13-15(21-11-5-3-7-16(21)20-13)8-9-17(22)19-12-14-6-2-4-10-18-14/h2-7,10-11H,8-9,12H2,1H3,(H,19,22). The van der Waals surface area contributed by atoms with E-state index in [1.165, 1.54) is 0 Å². The molecule has 0 saturated carbocycles. The van der Waals surface area contributed by atoms with Crippen LogP contribution in [0.25, 0.3) is 5.65 Å². The second-order valence-corrected chi connectivity index (χ2v) is 5.17. The molecule has 112 valence electrons. The Morgan fingerprint density at radius 1 is 1.23 bits per heavy atom. The number of imidazole rings is 1. The van der Waals surface area contributed by atoms with Crippen molar-refractivity contribution in [3.05, 3.63) is 65.9 Å². The first kappa shape index (κ1) is 14.3. The minimum atomic E-state index is 0.0240. The van der Waals surface area contributed by atoms with Crippen molar-refractivity contribution in [2.24, 2.45) is 0 Å². The van der Waals surface area contributed by atoms with Crippen molar-refractivity contribution in [1.29, 1.82) is 0 Å². The molecule has 3 aromatic heterocycles. The lowest BCUT2D eigenvalue weighted by Crippen LogP contribution is -2.23. The van der Waals surface area contributed by atoms with Crippen molar-refractivity contribution in [3.63, 3.8) is 0 Å². The van der Waals surface area contributed by atoms with E-state index in [0.717, 1.165) is 22.7 Å². The van der Waals surface area contributed by atoms with Gasteiger partial charge < -0.3 is 9.72 Å². The van der Waals surface area contributed by atoms with Crippen molar-refractivity contribution in [1.82, 2.24) is 19.7 Å². The molecule has 1 amide bonds. The number of nitrogens with one attached hydrogen (secondary N) is 1. The number of aryl methyl sites for hydroxylation is 2. The average Bonchev–Trinajstić information content (AvgIpc) is 2.87. The third-order valence-electron chi connectivity index (χ3n) is 3.61. The molecule has 0 aromatic carbocycles. The van der Waals surface area contributed by atoms with E-state index in [2.05, 4.69) is 15.3 Å². The molecule has 0 aliphatic heterocycles. The van der Waals surface area contributed by atoms with Crippen LogP contribution in [0.1, 0.15) is 23.5 Å². The second-order valence-electron chi connectivity index (χ2n) is 5.17. The highest BCUT2D eigenvalue weighted by atomic mass is 16.1. The Labute approximate surface area is 129 Å². The van der Waals surface area contributed by atoms with Crippen molar-refractivity contribution >= 4 is 11.6 Å². The minimum absolute atomic E-state index is 0.0240. The number of fused-ring (bicyclic) bond motifs is 1. The number of nitrogens with zero attached hydrogens (tertiary/aromatic N) is 3. The first-order valence-corrected chi connectivity index (χ1v) is 7.33. The summed E-state index contributed by atoms with van der Waals surface area (Å²) in [6.07, 6.45) is 4.82. The third kappa shape index (κ3) is 3.14. The zero-order chi connectivity index (χ0) is 15.4. The smallest absolute Gasteiger partial charge is 0.220 e. The molecule has 3 rings (SSSR count). The predicted octanol–water partition coefficient (Wildman–Crippen LogP) is 2.29. The molecule has 22 heavy (non-hydrogen) atoms. The average molecular weight is 294 g/mol. The van der Waals surface area contributed by atoms with Crippen LogP contribution in [0.2, 0.25) is 0 Å². The normalized spacial score (nSPS) is 10.8. The Bertz CT molecular complexity index is 780. The number of hydrogen-bond acceptors (Lipinski definition) is 3. The number of carbonyl (C=O) groups excluding carboxylic acids is 1. The summed E-state index contributed by atoms with van der Waals surface area (Å²) in [5.74, 6) is 0.0240. The molecule has 5 heteroatoms. The Morgan fingerprint density at radius 3 is 2.91 bits per heavy atom. The quantitative estimate of drug-likeness (QED) is 0.785. The number of carbonyl (C=O) groups is 1. The van der Waals surface area contributed by atoms with Gasteiger partial charge in [-0.2, -0.15) is 0 Å². The van der Waals surface area contributed by atoms with Gasteiger partial charge in [-0.05, 0) is 37.6 Å².